The Kier molecular flexibility index (Phi) is 19.5. The Hall–Kier alpha value is -0.160. The largest absolute Gasteiger partial charge is 0.344 e. The van der Waals surface area contributed by atoms with Gasteiger partial charge in [0.05, 0.1) is 0 Å². The van der Waals surface area contributed by atoms with Gasteiger partial charge in [0.15, 0.2) is 0 Å². The minimum absolute atomic E-state index is 0. The third kappa shape index (κ3) is 17.0. The molecule has 4 nitrogen and oxygen atoms in total. The molecule has 0 bridgehead atoms. The fourth-order valence-electron chi connectivity index (χ4n) is 0.258. The predicted molar refractivity (Wildman–Crippen MR) is 37.7 cm³/mol. The lowest BCUT2D eigenvalue weighted by atomic mass is 10.6. The van der Waals surface area contributed by atoms with Crippen molar-refractivity contribution >= 4 is 0 Å². The van der Waals surface area contributed by atoms with Crippen LogP contribution in [0.4, 0.5) is 0 Å². The van der Waals surface area contributed by atoms with Crippen LogP contribution in [0.15, 0.2) is 0 Å². The van der Waals surface area contributed by atoms with E-state index in [2.05, 4.69) is 4.90 Å². The molecule has 0 rings (SSSR count). The highest BCUT2D eigenvalue weighted by atomic mass is 15.1. The molecule has 0 saturated heterocycles. The van der Waals surface area contributed by atoms with Crippen LogP contribution in [0.2, 0.25) is 0 Å². The van der Waals surface area contributed by atoms with Crippen molar-refractivity contribution < 1.29 is 0 Å². The molecular weight excluding hydrogens is 104 g/mol. The maximum atomic E-state index is 5.19. The number of hydrogen-bond acceptors (Lipinski definition) is 4. The summed E-state index contributed by atoms with van der Waals surface area (Å²) >= 11 is 0. The maximum Gasteiger partial charge on any atom is 0.00985 e. The van der Waals surface area contributed by atoms with Gasteiger partial charge in [0.2, 0.25) is 0 Å². The van der Waals surface area contributed by atoms with E-state index in [1.165, 1.54) is 0 Å². The normalized spacial score (nSPS) is 7.50. The van der Waals surface area contributed by atoms with Crippen LogP contribution in [0, 0.1) is 0 Å². The van der Waals surface area contributed by atoms with E-state index in [-0.39, 0.29) is 12.3 Å². The van der Waals surface area contributed by atoms with Crippen molar-refractivity contribution in [3.05, 3.63) is 0 Å². The second-order valence-electron chi connectivity index (χ2n) is 1.59. The Labute approximate surface area is 51.2 Å². The van der Waals surface area contributed by atoms with Gasteiger partial charge in [-0.05, 0) is 14.1 Å². The lowest BCUT2D eigenvalue weighted by Crippen LogP contribution is -2.20. The molecule has 0 heterocycles. The molecule has 0 aromatic rings. The minimum Gasteiger partial charge on any atom is -0.344 e. The van der Waals surface area contributed by atoms with Crippen LogP contribution in [-0.4, -0.2) is 32.1 Å². The molecule has 0 aromatic carbocycles. The predicted octanol–water partition coefficient (Wildman–Crippen LogP) is -0.169. The molecule has 0 atom stereocenters. The molecule has 0 saturated carbocycles. The molecule has 0 unspecified atom stereocenters. The highest BCUT2D eigenvalue weighted by Crippen LogP contribution is 1.64. The van der Waals surface area contributed by atoms with Crippen molar-refractivity contribution in [2.75, 3.05) is 27.2 Å². The van der Waals surface area contributed by atoms with Gasteiger partial charge in [-0.2, -0.15) is 0 Å². The van der Waals surface area contributed by atoms with E-state index in [9.17, 15) is 0 Å². The number of nitrogens with zero attached hydrogens (tertiary/aromatic N) is 1. The number of likely N-dealkylation sites (N-methyl/N-ethyl adjacent to an activating group) is 1. The van der Waals surface area contributed by atoms with Crippen LogP contribution in [-0.2, 0) is 0 Å². The standard InChI is InChI=1S/C4H12N2.2H3N/c1-6(2)4-3-5;;/h3-5H2,1-2H3;2*1H3. The molecule has 8 heavy (non-hydrogen) atoms. The highest BCUT2D eigenvalue weighted by Gasteiger charge is 1.79. The third-order valence-corrected chi connectivity index (χ3v) is 0.576. The van der Waals surface area contributed by atoms with Crippen LogP contribution in [0.1, 0.15) is 0 Å². The molecule has 4 heteroatoms. The Balaban J connectivity index is -0.000000125. The summed E-state index contributed by atoms with van der Waals surface area (Å²) in [6, 6.07) is 0. The van der Waals surface area contributed by atoms with Crippen molar-refractivity contribution in [1.29, 1.82) is 0 Å². The quantitative estimate of drug-likeness (QED) is 0.473. The number of rotatable bonds is 2. The monoisotopic (exact) mass is 122 g/mol. The first-order valence-electron chi connectivity index (χ1n) is 2.12. The lowest BCUT2D eigenvalue weighted by molar-refractivity contribution is 0.420. The van der Waals surface area contributed by atoms with Crippen LogP contribution >= 0.6 is 0 Å². The van der Waals surface area contributed by atoms with E-state index in [1.807, 2.05) is 14.1 Å². The van der Waals surface area contributed by atoms with E-state index in [0.29, 0.717) is 0 Å². The minimum atomic E-state index is 0. The average molecular weight is 122 g/mol. The molecule has 0 spiro atoms. The molecule has 0 fully saturated rings. The Morgan fingerprint density at radius 3 is 1.62 bits per heavy atom. The lowest BCUT2D eigenvalue weighted by Gasteiger charge is -2.03. The average Bonchev–Trinajstić information content (AvgIpc) is 1.35. The van der Waals surface area contributed by atoms with E-state index in [4.69, 9.17) is 5.73 Å². The molecule has 54 valence electrons. The van der Waals surface area contributed by atoms with Crippen molar-refractivity contribution in [3.63, 3.8) is 0 Å². The molecule has 0 aliphatic rings. The van der Waals surface area contributed by atoms with Crippen LogP contribution in [0.5, 0.6) is 0 Å². The summed E-state index contributed by atoms with van der Waals surface area (Å²) in [6.45, 7) is 1.74. The van der Waals surface area contributed by atoms with Gasteiger partial charge in [0.1, 0.15) is 0 Å². The zero-order chi connectivity index (χ0) is 4.99. The molecule has 0 radical (unpaired) electrons. The first kappa shape index (κ1) is 15.7. The van der Waals surface area contributed by atoms with Crippen molar-refractivity contribution in [3.8, 4) is 0 Å². The molecular formula is C4H18N4. The van der Waals surface area contributed by atoms with Gasteiger partial charge < -0.3 is 22.9 Å². The summed E-state index contributed by atoms with van der Waals surface area (Å²) in [5.41, 5.74) is 5.19. The topological polar surface area (TPSA) is 99.3 Å². The third-order valence-electron chi connectivity index (χ3n) is 0.576. The summed E-state index contributed by atoms with van der Waals surface area (Å²) in [5, 5.41) is 0. The second kappa shape index (κ2) is 9.96. The molecule has 0 aromatic heterocycles. The van der Waals surface area contributed by atoms with Crippen molar-refractivity contribution in [1.82, 2.24) is 17.2 Å². The van der Waals surface area contributed by atoms with Gasteiger partial charge in [-0.15, -0.1) is 0 Å². The number of hydrogen-bond donors (Lipinski definition) is 3. The van der Waals surface area contributed by atoms with Gasteiger partial charge in [-0.25, -0.2) is 0 Å². The van der Waals surface area contributed by atoms with Crippen LogP contribution in [0.25, 0.3) is 0 Å². The van der Waals surface area contributed by atoms with Gasteiger partial charge in [0, 0.05) is 13.1 Å². The van der Waals surface area contributed by atoms with Gasteiger partial charge in [-0.1, -0.05) is 0 Å². The van der Waals surface area contributed by atoms with Crippen LogP contribution < -0.4 is 18.0 Å². The smallest absolute Gasteiger partial charge is 0.00985 e. The Morgan fingerprint density at radius 2 is 1.62 bits per heavy atom. The fourth-order valence-corrected chi connectivity index (χ4v) is 0.258. The molecule has 0 aliphatic carbocycles. The summed E-state index contributed by atoms with van der Waals surface area (Å²) in [7, 11) is 4.01. The van der Waals surface area contributed by atoms with Gasteiger partial charge >= 0.3 is 0 Å². The van der Waals surface area contributed by atoms with E-state index < -0.39 is 0 Å². The Morgan fingerprint density at radius 1 is 1.25 bits per heavy atom. The summed E-state index contributed by atoms with van der Waals surface area (Å²) in [5.74, 6) is 0. The van der Waals surface area contributed by atoms with Crippen molar-refractivity contribution in [2.45, 2.75) is 0 Å². The van der Waals surface area contributed by atoms with Gasteiger partial charge in [0.25, 0.3) is 0 Å². The zero-order valence-corrected chi connectivity index (χ0v) is 5.85. The Bertz CT molecular complexity index is 29.2. The van der Waals surface area contributed by atoms with E-state index >= 15 is 0 Å². The zero-order valence-electron chi connectivity index (χ0n) is 5.85. The SMILES string of the molecule is CN(C)CCN.N.N. The first-order chi connectivity index (χ1) is 2.77. The van der Waals surface area contributed by atoms with Crippen LogP contribution in [0.3, 0.4) is 0 Å². The van der Waals surface area contributed by atoms with Crippen molar-refractivity contribution in [2.24, 2.45) is 5.73 Å². The molecule has 0 aliphatic heterocycles. The molecule has 0 amide bonds. The summed E-state index contributed by atoms with van der Waals surface area (Å²) < 4.78 is 0. The second-order valence-corrected chi connectivity index (χ2v) is 1.59. The summed E-state index contributed by atoms with van der Waals surface area (Å²) in [4.78, 5) is 2.06. The van der Waals surface area contributed by atoms with E-state index in [0.717, 1.165) is 13.1 Å². The fraction of sp³-hybridized carbons (Fsp3) is 1.00. The maximum absolute atomic E-state index is 5.19. The summed E-state index contributed by atoms with van der Waals surface area (Å²) in [6.07, 6.45) is 0. The van der Waals surface area contributed by atoms with E-state index in [1.54, 1.807) is 0 Å². The number of nitrogens with two attached hydrogens (primary N) is 1. The molecule has 8 N–H and O–H groups in total. The highest BCUT2D eigenvalue weighted by molar-refractivity contribution is 4.38. The first-order valence-corrected chi connectivity index (χ1v) is 2.12. The van der Waals surface area contributed by atoms with Gasteiger partial charge in [-0.3, -0.25) is 0 Å².